The molecule has 0 aliphatic rings. The number of hydrogen-bond donors (Lipinski definition) is 3. The molecule has 3 N–H and O–H groups in total. The lowest BCUT2D eigenvalue weighted by Gasteiger charge is -2.24. The highest BCUT2D eigenvalue weighted by Gasteiger charge is 2.21. The topological polar surface area (TPSA) is 37.7 Å². The Labute approximate surface area is 149 Å². The van der Waals surface area contributed by atoms with Crippen LogP contribution in [0.25, 0.3) is 0 Å². The van der Waals surface area contributed by atoms with Crippen LogP contribution < -0.4 is 20.3 Å². The van der Waals surface area contributed by atoms with Gasteiger partial charge in [0.25, 0.3) is 0 Å². The summed E-state index contributed by atoms with van der Waals surface area (Å²) in [4.78, 5) is 1.32. The third-order valence-corrected chi connectivity index (χ3v) is 4.26. The van der Waals surface area contributed by atoms with E-state index in [9.17, 15) is 0 Å². The van der Waals surface area contributed by atoms with Crippen LogP contribution in [0.3, 0.4) is 0 Å². The number of benzene rings is 2. The molecule has 0 saturated heterocycles. The second-order valence-corrected chi connectivity index (χ2v) is 6.33. The Kier molecular flexibility index (Phi) is 7.03. The van der Waals surface area contributed by atoms with E-state index in [1.165, 1.54) is 16.0 Å². The molecule has 0 bridgehead atoms. The zero-order valence-electron chi connectivity index (χ0n) is 14.5. The highest BCUT2D eigenvalue weighted by atomic mass is 32.1. The van der Waals surface area contributed by atoms with E-state index in [1.807, 2.05) is 36.4 Å². The lowest BCUT2D eigenvalue weighted by molar-refractivity contribution is -0.890. The molecule has 24 heavy (non-hydrogen) atoms. The smallest absolute Gasteiger partial charge is 0.166 e. The van der Waals surface area contributed by atoms with Gasteiger partial charge in [0.1, 0.15) is 11.8 Å². The first kappa shape index (κ1) is 18.2. The molecule has 0 aliphatic heterocycles. The Morgan fingerprint density at radius 1 is 1.04 bits per heavy atom. The average molecular weight is 345 g/mol. The molecule has 0 saturated carbocycles. The summed E-state index contributed by atoms with van der Waals surface area (Å²) in [6, 6.07) is 18.6. The highest BCUT2D eigenvalue weighted by molar-refractivity contribution is 7.80. The summed E-state index contributed by atoms with van der Waals surface area (Å²) in [5, 5.41) is 7.25. The minimum absolute atomic E-state index is 0.248. The van der Waals surface area contributed by atoms with Crippen molar-refractivity contribution in [3.63, 3.8) is 0 Å². The molecule has 0 aliphatic carbocycles. The maximum atomic E-state index is 5.50. The molecule has 1 atom stereocenters. The molecule has 4 nitrogen and oxygen atoms in total. The third kappa shape index (κ3) is 5.22. The Morgan fingerprint density at radius 3 is 2.38 bits per heavy atom. The molecule has 0 spiro atoms. The summed E-state index contributed by atoms with van der Waals surface area (Å²) >= 11 is 5.41. The lowest BCUT2D eigenvalue weighted by Crippen LogP contribution is -3.07. The Balaban J connectivity index is 1.93. The molecule has 0 radical (unpaired) electrons. The Hall–Kier alpha value is -2.11. The van der Waals surface area contributed by atoms with Crippen molar-refractivity contribution in [2.24, 2.45) is 0 Å². The first-order chi connectivity index (χ1) is 11.6. The number of nitrogens with one attached hydrogen (secondary N) is 3. The van der Waals surface area contributed by atoms with Crippen LogP contribution in [0.5, 0.6) is 5.75 Å². The fraction of sp³-hybridized carbons (Fsp3) is 0.316. The summed E-state index contributed by atoms with van der Waals surface area (Å²) in [7, 11) is 5.98. The fourth-order valence-electron chi connectivity index (χ4n) is 2.61. The number of thiocarbonyl (C=S) groups is 1. The van der Waals surface area contributed by atoms with E-state index in [0.29, 0.717) is 5.11 Å². The lowest BCUT2D eigenvalue weighted by atomic mass is 10.0. The van der Waals surface area contributed by atoms with Crippen LogP contribution in [0, 0.1) is 0 Å². The first-order valence-electron chi connectivity index (χ1n) is 8.10. The van der Waals surface area contributed by atoms with Gasteiger partial charge in [-0.15, -0.1) is 0 Å². The predicted octanol–water partition coefficient (Wildman–Crippen LogP) is 1.55. The first-order valence-corrected chi connectivity index (χ1v) is 8.51. The van der Waals surface area contributed by atoms with E-state index < -0.39 is 0 Å². The monoisotopic (exact) mass is 344 g/mol. The molecule has 0 amide bonds. The van der Waals surface area contributed by atoms with Gasteiger partial charge in [-0.2, -0.15) is 0 Å². The Morgan fingerprint density at radius 2 is 1.71 bits per heavy atom. The Bertz CT molecular complexity index is 646. The van der Waals surface area contributed by atoms with Crippen LogP contribution in [-0.4, -0.2) is 32.9 Å². The van der Waals surface area contributed by atoms with Crippen LogP contribution in [0.15, 0.2) is 54.6 Å². The van der Waals surface area contributed by atoms with Gasteiger partial charge in [-0.1, -0.05) is 42.5 Å². The van der Waals surface area contributed by atoms with Crippen molar-refractivity contribution in [3.05, 3.63) is 65.7 Å². The van der Waals surface area contributed by atoms with E-state index >= 15 is 0 Å². The molecule has 2 rings (SSSR count). The summed E-state index contributed by atoms with van der Waals surface area (Å²) in [5.41, 5.74) is 2.39. The van der Waals surface area contributed by atoms with Gasteiger partial charge in [-0.25, -0.2) is 0 Å². The zero-order chi connectivity index (χ0) is 17.4. The zero-order valence-corrected chi connectivity index (χ0v) is 15.3. The van der Waals surface area contributed by atoms with Crippen LogP contribution in [0.1, 0.15) is 17.2 Å². The molecule has 5 heteroatoms. The van der Waals surface area contributed by atoms with Crippen LogP contribution in [0.4, 0.5) is 0 Å². The van der Waals surface area contributed by atoms with Crippen molar-refractivity contribution < 1.29 is 9.64 Å². The minimum Gasteiger partial charge on any atom is -0.496 e. The van der Waals surface area contributed by atoms with Crippen LogP contribution >= 0.6 is 12.2 Å². The van der Waals surface area contributed by atoms with Gasteiger partial charge < -0.3 is 20.3 Å². The molecule has 2 aromatic carbocycles. The fourth-order valence-corrected chi connectivity index (χ4v) is 2.77. The van der Waals surface area contributed by atoms with Crippen molar-refractivity contribution in [1.82, 2.24) is 10.6 Å². The van der Waals surface area contributed by atoms with Gasteiger partial charge in [0, 0.05) is 6.54 Å². The molecule has 0 unspecified atom stereocenters. The third-order valence-electron chi connectivity index (χ3n) is 3.97. The molecule has 0 aromatic heterocycles. The van der Waals surface area contributed by atoms with Gasteiger partial charge >= 0.3 is 0 Å². The number of methoxy groups -OCH3 is 1. The van der Waals surface area contributed by atoms with E-state index in [0.717, 1.165) is 18.8 Å². The second kappa shape index (κ2) is 9.25. The van der Waals surface area contributed by atoms with Crippen molar-refractivity contribution >= 4 is 17.3 Å². The van der Waals surface area contributed by atoms with Crippen molar-refractivity contribution in [2.45, 2.75) is 12.6 Å². The number of likely N-dealkylation sites (N-methyl/N-ethyl adjacent to an activating group) is 1. The molecule has 2 aromatic rings. The number of para-hydroxylation sites is 1. The second-order valence-electron chi connectivity index (χ2n) is 5.92. The van der Waals surface area contributed by atoms with Gasteiger partial charge in [0.15, 0.2) is 5.11 Å². The van der Waals surface area contributed by atoms with Crippen molar-refractivity contribution in [3.8, 4) is 5.75 Å². The molecular formula is C19H26N3OS+. The maximum absolute atomic E-state index is 5.50. The molecule has 0 fully saturated rings. The summed E-state index contributed by atoms with van der Waals surface area (Å²) < 4.78 is 5.50. The summed E-state index contributed by atoms with van der Waals surface area (Å²) in [6.45, 7) is 1.46. The highest BCUT2D eigenvalue weighted by Crippen LogP contribution is 2.22. The van der Waals surface area contributed by atoms with E-state index in [2.05, 4.69) is 42.9 Å². The van der Waals surface area contributed by atoms with Gasteiger partial charge in [-0.05, 0) is 29.9 Å². The minimum atomic E-state index is 0.248. The number of ether oxygens (including phenoxy) is 1. The quantitative estimate of drug-likeness (QED) is 0.666. The van der Waals surface area contributed by atoms with Crippen LogP contribution in [0.2, 0.25) is 0 Å². The molecular weight excluding hydrogens is 318 g/mol. The maximum Gasteiger partial charge on any atom is 0.166 e. The van der Waals surface area contributed by atoms with Gasteiger partial charge in [0.2, 0.25) is 0 Å². The normalized spacial score (nSPS) is 11.8. The van der Waals surface area contributed by atoms with E-state index in [4.69, 9.17) is 17.0 Å². The number of rotatable bonds is 7. The summed E-state index contributed by atoms with van der Waals surface area (Å²) in [5.74, 6) is 0.911. The van der Waals surface area contributed by atoms with Gasteiger partial charge in [0.05, 0.1) is 33.3 Å². The van der Waals surface area contributed by atoms with E-state index in [1.54, 1.807) is 7.11 Å². The molecule has 128 valence electrons. The van der Waals surface area contributed by atoms with E-state index in [-0.39, 0.29) is 6.04 Å². The largest absolute Gasteiger partial charge is 0.496 e. The van der Waals surface area contributed by atoms with Crippen molar-refractivity contribution in [1.29, 1.82) is 0 Å². The SMILES string of the molecule is COc1ccccc1[C@@H](CNC(=S)NCc1ccccc1)[NH+](C)C. The predicted molar refractivity (Wildman–Crippen MR) is 102 cm³/mol. The van der Waals surface area contributed by atoms with Crippen LogP contribution in [-0.2, 0) is 6.54 Å². The van der Waals surface area contributed by atoms with Gasteiger partial charge in [-0.3, -0.25) is 0 Å². The van der Waals surface area contributed by atoms with Crippen molar-refractivity contribution in [2.75, 3.05) is 27.7 Å². The number of hydrogen-bond acceptors (Lipinski definition) is 2. The average Bonchev–Trinajstić information content (AvgIpc) is 2.61. The standard InChI is InChI=1S/C19H25N3OS/c1-22(2)17(16-11-7-8-12-18(16)23-3)14-21-19(24)20-13-15-9-5-4-6-10-15/h4-12,17H,13-14H2,1-3H3,(H2,20,21,24)/p+1/t17-/m1/s1. The number of quaternary nitrogens is 1. The summed E-state index contributed by atoms with van der Waals surface area (Å²) in [6.07, 6.45) is 0. The molecule has 0 heterocycles.